The normalized spacial score (nSPS) is 15.0. The van der Waals surface area contributed by atoms with E-state index in [0.717, 1.165) is 25.3 Å². The molecular weight excluding hydrogens is 290 g/mol. The van der Waals surface area contributed by atoms with Crippen molar-refractivity contribution in [3.8, 4) is 16.9 Å². The molecule has 22 heavy (non-hydrogen) atoms. The molecule has 1 aliphatic heterocycles. The zero-order chi connectivity index (χ0) is 15.1. The molecule has 2 aromatic carbocycles. The maximum absolute atomic E-state index is 5.68. The molecule has 0 N–H and O–H groups in total. The minimum atomic E-state index is 0.977. The maximum Gasteiger partial charge on any atom is 0.127 e. The van der Waals surface area contributed by atoms with Crippen LogP contribution in [0.25, 0.3) is 21.2 Å². The summed E-state index contributed by atoms with van der Waals surface area (Å²) in [7, 11) is 3.94. The molecule has 2 nitrogen and oxygen atoms in total. The first-order valence-corrected chi connectivity index (χ1v) is 8.48. The van der Waals surface area contributed by atoms with Crippen molar-refractivity contribution in [1.82, 2.24) is 4.90 Å². The standard InChI is InChI=1S/C19H19NOS/c1-20-7-5-14-9-17(18(21-2)10-16(14)12-20)15-4-3-13-6-8-22-19(13)11-15/h3-4,6,8-11H,5,7,12H2,1-2H3. The summed E-state index contributed by atoms with van der Waals surface area (Å²) in [5, 5.41) is 3.46. The topological polar surface area (TPSA) is 12.5 Å². The Morgan fingerprint density at radius 3 is 2.86 bits per heavy atom. The van der Waals surface area contributed by atoms with Crippen molar-refractivity contribution < 1.29 is 4.74 Å². The molecule has 0 saturated carbocycles. The van der Waals surface area contributed by atoms with Gasteiger partial charge in [0.05, 0.1) is 7.11 Å². The molecule has 0 unspecified atom stereocenters. The molecule has 0 spiro atoms. The SMILES string of the molecule is COc1cc2c(cc1-c1ccc3ccsc3c1)CCN(C)C2. The van der Waals surface area contributed by atoms with Gasteiger partial charge < -0.3 is 9.64 Å². The molecule has 0 amide bonds. The van der Waals surface area contributed by atoms with Gasteiger partial charge in [-0.3, -0.25) is 0 Å². The van der Waals surface area contributed by atoms with Crippen LogP contribution in [0.4, 0.5) is 0 Å². The number of ether oxygens (including phenoxy) is 1. The summed E-state index contributed by atoms with van der Waals surface area (Å²) in [5.41, 5.74) is 5.31. The number of likely N-dealkylation sites (N-methyl/N-ethyl adjacent to an activating group) is 1. The van der Waals surface area contributed by atoms with E-state index in [9.17, 15) is 0 Å². The first-order valence-electron chi connectivity index (χ1n) is 7.60. The van der Waals surface area contributed by atoms with Gasteiger partial charge in [0.2, 0.25) is 0 Å². The van der Waals surface area contributed by atoms with Crippen LogP contribution in [-0.4, -0.2) is 25.6 Å². The van der Waals surface area contributed by atoms with Crippen molar-refractivity contribution >= 4 is 21.4 Å². The van der Waals surface area contributed by atoms with Crippen molar-refractivity contribution in [3.05, 3.63) is 52.9 Å². The number of fused-ring (bicyclic) bond motifs is 2. The van der Waals surface area contributed by atoms with E-state index >= 15 is 0 Å². The summed E-state index contributed by atoms with van der Waals surface area (Å²) in [6.45, 7) is 2.14. The summed E-state index contributed by atoms with van der Waals surface area (Å²) in [6.07, 6.45) is 1.12. The summed E-state index contributed by atoms with van der Waals surface area (Å²) in [5.74, 6) is 0.977. The summed E-state index contributed by atoms with van der Waals surface area (Å²) in [6, 6.07) is 13.4. The molecule has 0 fully saturated rings. The van der Waals surface area contributed by atoms with Crippen LogP contribution in [0.5, 0.6) is 5.75 Å². The third-order valence-corrected chi connectivity index (χ3v) is 5.37. The zero-order valence-electron chi connectivity index (χ0n) is 12.9. The van der Waals surface area contributed by atoms with E-state index in [2.05, 4.69) is 53.7 Å². The van der Waals surface area contributed by atoms with Crippen molar-refractivity contribution in [3.63, 3.8) is 0 Å². The Labute approximate surface area is 135 Å². The highest BCUT2D eigenvalue weighted by atomic mass is 32.1. The van der Waals surface area contributed by atoms with Crippen LogP contribution in [0.3, 0.4) is 0 Å². The number of methoxy groups -OCH3 is 1. The van der Waals surface area contributed by atoms with E-state index in [1.165, 1.54) is 32.3 Å². The van der Waals surface area contributed by atoms with Crippen molar-refractivity contribution in [2.45, 2.75) is 13.0 Å². The van der Waals surface area contributed by atoms with E-state index in [1.807, 2.05) is 0 Å². The fourth-order valence-corrected chi connectivity index (χ4v) is 4.07. The number of benzene rings is 2. The lowest BCUT2D eigenvalue weighted by Crippen LogP contribution is -2.26. The second kappa shape index (κ2) is 5.41. The van der Waals surface area contributed by atoms with E-state index in [4.69, 9.17) is 4.74 Å². The number of hydrogen-bond acceptors (Lipinski definition) is 3. The van der Waals surface area contributed by atoms with Gasteiger partial charge in [-0.2, -0.15) is 0 Å². The zero-order valence-corrected chi connectivity index (χ0v) is 13.7. The Bertz CT molecular complexity index is 837. The summed E-state index contributed by atoms with van der Waals surface area (Å²) < 4.78 is 7.01. The number of nitrogens with zero attached hydrogens (tertiary/aromatic N) is 1. The minimum absolute atomic E-state index is 0.977. The van der Waals surface area contributed by atoms with Crippen molar-refractivity contribution in [2.24, 2.45) is 0 Å². The molecule has 3 heteroatoms. The smallest absolute Gasteiger partial charge is 0.127 e. The molecule has 0 atom stereocenters. The molecule has 0 aliphatic carbocycles. The molecule has 1 aromatic heterocycles. The van der Waals surface area contributed by atoms with Gasteiger partial charge in [0.25, 0.3) is 0 Å². The minimum Gasteiger partial charge on any atom is -0.496 e. The molecule has 0 radical (unpaired) electrons. The average molecular weight is 309 g/mol. The molecule has 1 aliphatic rings. The quantitative estimate of drug-likeness (QED) is 0.688. The van der Waals surface area contributed by atoms with Crippen molar-refractivity contribution in [2.75, 3.05) is 20.7 Å². The first-order chi connectivity index (χ1) is 10.7. The van der Waals surface area contributed by atoms with Crippen LogP contribution < -0.4 is 4.74 Å². The molecule has 0 saturated heterocycles. The van der Waals surface area contributed by atoms with Crippen LogP contribution in [0.2, 0.25) is 0 Å². The van der Waals surface area contributed by atoms with Gasteiger partial charge in [0, 0.05) is 23.4 Å². The number of thiophene rings is 1. The largest absolute Gasteiger partial charge is 0.496 e. The third-order valence-electron chi connectivity index (χ3n) is 4.49. The second-order valence-corrected chi connectivity index (χ2v) is 6.93. The summed E-state index contributed by atoms with van der Waals surface area (Å²) >= 11 is 1.79. The monoisotopic (exact) mass is 309 g/mol. The van der Waals surface area contributed by atoms with Crippen LogP contribution in [0, 0.1) is 0 Å². The molecule has 112 valence electrons. The van der Waals surface area contributed by atoms with Gasteiger partial charge in [-0.05, 0) is 65.2 Å². The van der Waals surface area contributed by atoms with Gasteiger partial charge in [-0.1, -0.05) is 12.1 Å². The lowest BCUT2D eigenvalue weighted by atomic mass is 9.93. The average Bonchev–Trinajstić information content (AvgIpc) is 3.01. The van der Waals surface area contributed by atoms with Crippen LogP contribution in [-0.2, 0) is 13.0 Å². The molecular formula is C19H19NOS. The van der Waals surface area contributed by atoms with Gasteiger partial charge in [-0.15, -0.1) is 11.3 Å². The van der Waals surface area contributed by atoms with Gasteiger partial charge in [0.15, 0.2) is 0 Å². The fourth-order valence-electron chi connectivity index (χ4n) is 3.24. The molecule has 2 heterocycles. The van der Waals surface area contributed by atoms with Gasteiger partial charge >= 0.3 is 0 Å². The van der Waals surface area contributed by atoms with Crippen molar-refractivity contribution in [1.29, 1.82) is 0 Å². The van der Waals surface area contributed by atoms with Crippen LogP contribution in [0.1, 0.15) is 11.1 Å². The highest BCUT2D eigenvalue weighted by Crippen LogP contribution is 2.36. The van der Waals surface area contributed by atoms with Gasteiger partial charge in [-0.25, -0.2) is 0 Å². The second-order valence-electron chi connectivity index (χ2n) is 5.98. The Hall–Kier alpha value is -1.84. The lowest BCUT2D eigenvalue weighted by Gasteiger charge is -2.26. The van der Waals surface area contributed by atoms with E-state index in [1.54, 1.807) is 18.4 Å². The third kappa shape index (κ3) is 2.31. The summed E-state index contributed by atoms with van der Waals surface area (Å²) in [4.78, 5) is 2.36. The highest BCUT2D eigenvalue weighted by molar-refractivity contribution is 7.17. The molecule has 4 rings (SSSR count). The fraction of sp³-hybridized carbons (Fsp3) is 0.263. The first kappa shape index (κ1) is 13.8. The van der Waals surface area contributed by atoms with E-state index in [-0.39, 0.29) is 0 Å². The van der Waals surface area contributed by atoms with Crippen LogP contribution >= 0.6 is 11.3 Å². The highest BCUT2D eigenvalue weighted by Gasteiger charge is 2.17. The Morgan fingerprint density at radius 1 is 1.09 bits per heavy atom. The van der Waals surface area contributed by atoms with E-state index in [0.29, 0.717) is 0 Å². The number of rotatable bonds is 2. The van der Waals surface area contributed by atoms with E-state index < -0.39 is 0 Å². The molecule has 0 bridgehead atoms. The van der Waals surface area contributed by atoms with Gasteiger partial charge in [0.1, 0.15) is 5.75 Å². The predicted molar refractivity (Wildman–Crippen MR) is 93.9 cm³/mol. The predicted octanol–water partition coefficient (Wildman–Crippen LogP) is 4.56. The van der Waals surface area contributed by atoms with Crippen LogP contribution in [0.15, 0.2) is 41.8 Å². The Kier molecular flexibility index (Phi) is 3.40. The Balaban J connectivity index is 1.86. The maximum atomic E-state index is 5.68. The molecule has 3 aromatic rings. The number of hydrogen-bond donors (Lipinski definition) is 0. The lowest BCUT2D eigenvalue weighted by molar-refractivity contribution is 0.311. The Morgan fingerprint density at radius 2 is 2.00 bits per heavy atom.